The van der Waals surface area contributed by atoms with Gasteiger partial charge in [-0.1, -0.05) is 35.5 Å². The van der Waals surface area contributed by atoms with Gasteiger partial charge in [-0.25, -0.2) is 4.79 Å². The highest BCUT2D eigenvalue weighted by Crippen LogP contribution is 2.33. The molecule has 29 heavy (non-hydrogen) atoms. The Bertz CT molecular complexity index is 1180. The molecule has 2 aromatic heterocycles. The van der Waals surface area contributed by atoms with Crippen molar-refractivity contribution < 1.29 is 13.6 Å². The number of anilines is 1. The Morgan fingerprint density at radius 1 is 1.10 bits per heavy atom. The van der Waals surface area contributed by atoms with Gasteiger partial charge in [0.15, 0.2) is 5.76 Å². The van der Waals surface area contributed by atoms with Gasteiger partial charge in [0.25, 0.3) is 5.89 Å². The largest absolute Gasteiger partial charge is 0.459 e. The van der Waals surface area contributed by atoms with Crippen LogP contribution in [0.1, 0.15) is 0 Å². The highest BCUT2D eigenvalue weighted by Gasteiger charge is 2.16. The lowest BCUT2D eigenvalue weighted by Crippen LogP contribution is -2.26. The molecule has 0 saturated carbocycles. The van der Waals surface area contributed by atoms with Gasteiger partial charge in [-0.15, -0.1) is 5.10 Å². The molecular formula is C20H14ClN3O4S. The first-order chi connectivity index (χ1) is 14.1. The quantitative estimate of drug-likeness (QED) is 0.485. The number of hydrogen-bond acceptors (Lipinski definition) is 6. The van der Waals surface area contributed by atoms with Gasteiger partial charge in [0.05, 0.1) is 12.0 Å². The van der Waals surface area contributed by atoms with E-state index in [-0.39, 0.29) is 12.4 Å². The molecule has 0 spiro atoms. The van der Waals surface area contributed by atoms with Crippen molar-refractivity contribution in [3.05, 3.63) is 82.5 Å². The predicted octanol–water partition coefficient (Wildman–Crippen LogP) is 4.54. The van der Waals surface area contributed by atoms with Crippen LogP contribution in [0.2, 0.25) is 5.02 Å². The Hall–Kier alpha value is -3.23. The van der Waals surface area contributed by atoms with Crippen LogP contribution in [0, 0.1) is 0 Å². The normalized spacial score (nSPS) is 10.8. The highest BCUT2D eigenvalue weighted by atomic mass is 35.5. The first-order valence-electron chi connectivity index (χ1n) is 8.52. The number of nitrogens with zero attached hydrogens (tertiary/aromatic N) is 2. The van der Waals surface area contributed by atoms with Crippen LogP contribution in [0.3, 0.4) is 0 Å². The number of rotatable bonds is 6. The molecule has 7 nitrogen and oxygen atoms in total. The monoisotopic (exact) mass is 427 g/mol. The molecule has 0 fully saturated rings. The van der Waals surface area contributed by atoms with E-state index in [1.807, 2.05) is 30.3 Å². The number of amides is 1. The predicted molar refractivity (Wildman–Crippen MR) is 109 cm³/mol. The third kappa shape index (κ3) is 4.61. The molecule has 2 aromatic carbocycles. The lowest BCUT2D eigenvalue weighted by atomic mass is 10.3. The average Bonchev–Trinajstić information content (AvgIpc) is 3.36. The van der Waals surface area contributed by atoms with Crippen LogP contribution in [0.4, 0.5) is 5.69 Å². The zero-order valence-corrected chi connectivity index (χ0v) is 16.4. The zero-order valence-electron chi connectivity index (χ0n) is 14.9. The number of furan rings is 1. The van der Waals surface area contributed by atoms with Gasteiger partial charge >= 0.3 is 5.76 Å². The minimum absolute atomic E-state index is 0.0199. The van der Waals surface area contributed by atoms with Crippen molar-refractivity contribution in [2.45, 2.75) is 16.3 Å². The second-order valence-corrected chi connectivity index (χ2v) is 7.46. The van der Waals surface area contributed by atoms with E-state index in [1.165, 1.54) is 18.0 Å². The third-order valence-corrected chi connectivity index (χ3v) is 5.17. The summed E-state index contributed by atoms with van der Waals surface area (Å²) in [5.74, 6) is -0.816. The summed E-state index contributed by atoms with van der Waals surface area (Å²) in [5, 5.41) is 7.46. The van der Waals surface area contributed by atoms with Gasteiger partial charge in [0.2, 0.25) is 5.91 Å². The zero-order chi connectivity index (χ0) is 20.2. The van der Waals surface area contributed by atoms with E-state index < -0.39 is 11.7 Å². The summed E-state index contributed by atoms with van der Waals surface area (Å²) in [6, 6.07) is 18.0. The van der Waals surface area contributed by atoms with Crippen molar-refractivity contribution in [2.75, 3.05) is 5.32 Å². The van der Waals surface area contributed by atoms with Gasteiger partial charge < -0.3 is 14.2 Å². The fourth-order valence-electron chi connectivity index (χ4n) is 2.52. The lowest BCUT2D eigenvalue weighted by molar-refractivity contribution is -0.117. The summed E-state index contributed by atoms with van der Waals surface area (Å²) < 4.78 is 11.1. The average molecular weight is 428 g/mol. The maximum absolute atomic E-state index is 12.5. The van der Waals surface area contributed by atoms with Crippen LogP contribution in [0.25, 0.3) is 11.7 Å². The van der Waals surface area contributed by atoms with Crippen molar-refractivity contribution in [3.63, 3.8) is 0 Å². The van der Waals surface area contributed by atoms with E-state index in [0.717, 1.165) is 14.5 Å². The van der Waals surface area contributed by atoms with Gasteiger partial charge in [-0.2, -0.15) is 4.68 Å². The number of para-hydroxylation sites is 1. The van der Waals surface area contributed by atoms with Gasteiger partial charge in [-0.05, 0) is 48.5 Å². The van der Waals surface area contributed by atoms with E-state index in [2.05, 4.69) is 10.4 Å². The molecule has 1 N–H and O–H groups in total. The Morgan fingerprint density at radius 2 is 1.90 bits per heavy atom. The highest BCUT2D eigenvalue weighted by molar-refractivity contribution is 7.99. The summed E-state index contributed by atoms with van der Waals surface area (Å²) in [4.78, 5) is 26.3. The van der Waals surface area contributed by atoms with Gasteiger partial charge in [-0.3, -0.25) is 4.79 Å². The van der Waals surface area contributed by atoms with Crippen molar-refractivity contribution in [2.24, 2.45) is 0 Å². The number of nitrogens with one attached hydrogen (secondary N) is 1. The van der Waals surface area contributed by atoms with Crippen molar-refractivity contribution in [1.82, 2.24) is 9.78 Å². The van der Waals surface area contributed by atoms with E-state index in [4.69, 9.17) is 20.4 Å². The summed E-state index contributed by atoms with van der Waals surface area (Å²) in [5.41, 5.74) is 0.625. The fourth-order valence-corrected chi connectivity index (χ4v) is 3.55. The van der Waals surface area contributed by atoms with Crippen LogP contribution in [0.5, 0.6) is 0 Å². The fraction of sp³-hybridized carbons (Fsp3) is 0.0500. The molecule has 0 atom stereocenters. The number of benzene rings is 2. The molecular weight excluding hydrogens is 414 g/mol. The molecule has 1 amide bonds. The lowest BCUT2D eigenvalue weighted by Gasteiger charge is -2.10. The summed E-state index contributed by atoms with van der Waals surface area (Å²) in [6.45, 7) is -0.289. The Morgan fingerprint density at radius 3 is 2.66 bits per heavy atom. The minimum Gasteiger partial charge on any atom is -0.459 e. The molecule has 0 unspecified atom stereocenters. The summed E-state index contributed by atoms with van der Waals surface area (Å²) in [7, 11) is 0. The Balaban J connectivity index is 1.48. The molecule has 0 saturated heterocycles. The standard InChI is InChI=1S/C20H14ClN3O4S/c21-13-7-9-14(10-8-13)29-17-6-2-1-4-15(17)22-18(25)12-24-20(26)28-19(23-24)16-5-3-11-27-16/h1-11H,12H2,(H,22,25). The first kappa shape index (κ1) is 19.1. The number of carbonyl (C=O) groups is 1. The van der Waals surface area contributed by atoms with Gasteiger partial charge in [0.1, 0.15) is 6.54 Å². The Kier molecular flexibility index (Phi) is 5.55. The van der Waals surface area contributed by atoms with E-state index in [0.29, 0.717) is 16.5 Å². The number of halogens is 1. The summed E-state index contributed by atoms with van der Waals surface area (Å²) >= 11 is 7.41. The molecule has 0 aliphatic carbocycles. The van der Waals surface area contributed by atoms with Crippen LogP contribution in [-0.4, -0.2) is 15.7 Å². The van der Waals surface area contributed by atoms with E-state index in [1.54, 1.807) is 30.3 Å². The van der Waals surface area contributed by atoms with Crippen LogP contribution >= 0.6 is 23.4 Å². The second kappa shape index (κ2) is 8.42. The van der Waals surface area contributed by atoms with Crippen LogP contribution in [0.15, 0.2) is 90.3 Å². The molecule has 146 valence electrons. The third-order valence-electron chi connectivity index (χ3n) is 3.83. The molecule has 0 aliphatic heterocycles. The maximum Gasteiger partial charge on any atom is 0.437 e. The van der Waals surface area contributed by atoms with Crippen molar-refractivity contribution in [1.29, 1.82) is 0 Å². The maximum atomic E-state index is 12.5. The molecule has 2 heterocycles. The molecule has 0 bridgehead atoms. The van der Waals surface area contributed by atoms with E-state index in [9.17, 15) is 9.59 Å². The van der Waals surface area contributed by atoms with Crippen LogP contribution < -0.4 is 11.1 Å². The molecule has 4 aromatic rings. The topological polar surface area (TPSA) is 90.3 Å². The van der Waals surface area contributed by atoms with Crippen molar-refractivity contribution >= 4 is 35.0 Å². The van der Waals surface area contributed by atoms with Crippen LogP contribution in [-0.2, 0) is 11.3 Å². The molecule has 0 radical (unpaired) electrons. The minimum atomic E-state index is -0.740. The smallest absolute Gasteiger partial charge is 0.437 e. The SMILES string of the molecule is O=C(Cn1nc(-c2ccco2)oc1=O)Nc1ccccc1Sc1ccc(Cl)cc1. The van der Waals surface area contributed by atoms with Crippen molar-refractivity contribution in [3.8, 4) is 11.7 Å². The molecule has 4 rings (SSSR count). The molecule has 9 heteroatoms. The summed E-state index contributed by atoms with van der Waals surface area (Å²) in [6.07, 6.45) is 1.44. The molecule has 0 aliphatic rings. The van der Waals surface area contributed by atoms with Gasteiger partial charge in [0, 0.05) is 14.8 Å². The number of carbonyl (C=O) groups excluding carboxylic acids is 1. The van der Waals surface area contributed by atoms with E-state index >= 15 is 0 Å². The number of hydrogen-bond donors (Lipinski definition) is 1. The second-order valence-electron chi connectivity index (χ2n) is 5.91. The first-order valence-corrected chi connectivity index (χ1v) is 9.72. The Labute approximate surface area is 174 Å². The number of aromatic nitrogens is 2.